The van der Waals surface area contributed by atoms with E-state index in [1.54, 1.807) is 0 Å². The highest BCUT2D eigenvalue weighted by molar-refractivity contribution is 5.96. The zero-order valence-electron chi connectivity index (χ0n) is 11.1. The van der Waals surface area contributed by atoms with E-state index in [1.807, 2.05) is 23.1 Å². The number of hydrogen-bond donors (Lipinski definition) is 1. The molecule has 3 rings (SSSR count). The van der Waals surface area contributed by atoms with Crippen molar-refractivity contribution >= 4 is 11.6 Å². The van der Waals surface area contributed by atoms with E-state index in [0.717, 1.165) is 44.6 Å². The van der Waals surface area contributed by atoms with Crippen LogP contribution in [0.5, 0.6) is 0 Å². The Morgan fingerprint density at radius 1 is 1.32 bits per heavy atom. The third-order valence-electron chi connectivity index (χ3n) is 3.87. The number of anilines is 1. The molecule has 0 aliphatic carbocycles. The number of fused-ring (bicyclic) bond motifs is 1. The quantitative estimate of drug-likeness (QED) is 0.899. The molecule has 1 unspecified atom stereocenters. The van der Waals surface area contributed by atoms with Gasteiger partial charge in [0.2, 0.25) is 5.91 Å². The Morgan fingerprint density at radius 2 is 2.21 bits per heavy atom. The molecule has 4 nitrogen and oxygen atoms in total. The minimum Gasteiger partial charge on any atom is -0.378 e. The zero-order valence-corrected chi connectivity index (χ0v) is 11.1. The monoisotopic (exact) mass is 260 g/mol. The number of rotatable bonds is 3. The Kier molecular flexibility index (Phi) is 3.80. The maximum Gasteiger partial charge on any atom is 0.240 e. The van der Waals surface area contributed by atoms with Gasteiger partial charge in [-0.3, -0.25) is 4.79 Å². The summed E-state index contributed by atoms with van der Waals surface area (Å²) in [6.07, 6.45) is 3.54. The molecule has 1 N–H and O–H groups in total. The van der Waals surface area contributed by atoms with Crippen LogP contribution >= 0.6 is 0 Å². The molecule has 0 bridgehead atoms. The van der Waals surface area contributed by atoms with Crippen LogP contribution in [-0.4, -0.2) is 31.7 Å². The lowest BCUT2D eigenvalue weighted by molar-refractivity contribution is -0.117. The molecule has 2 heterocycles. The van der Waals surface area contributed by atoms with Crippen LogP contribution in [0.3, 0.4) is 0 Å². The molecule has 0 aromatic heterocycles. The lowest BCUT2D eigenvalue weighted by atomic mass is 10.1. The van der Waals surface area contributed by atoms with E-state index in [4.69, 9.17) is 4.74 Å². The molecule has 1 aromatic carbocycles. The normalized spacial score (nSPS) is 23.3. The summed E-state index contributed by atoms with van der Waals surface area (Å²) < 4.78 is 5.64. The van der Waals surface area contributed by atoms with Crippen LogP contribution in [0.2, 0.25) is 0 Å². The molecule has 2 aliphatic rings. The van der Waals surface area contributed by atoms with E-state index >= 15 is 0 Å². The fourth-order valence-electron chi connectivity index (χ4n) is 2.85. The third kappa shape index (κ3) is 2.80. The lowest BCUT2D eigenvalue weighted by Gasteiger charge is -2.24. The van der Waals surface area contributed by atoms with Crippen LogP contribution in [0.15, 0.2) is 24.3 Å². The standard InChI is InChI=1S/C15H20N2O2/c18-15-11-16-10-12-4-1-2-6-14(12)17(15)8-7-13-5-3-9-19-13/h1-2,4,6,13,16H,3,5,7-11H2. The molecule has 1 aromatic rings. The smallest absolute Gasteiger partial charge is 0.240 e. The van der Waals surface area contributed by atoms with E-state index in [2.05, 4.69) is 11.4 Å². The first-order valence-electron chi connectivity index (χ1n) is 7.05. The molecule has 2 aliphatic heterocycles. The summed E-state index contributed by atoms with van der Waals surface area (Å²) in [4.78, 5) is 14.1. The van der Waals surface area contributed by atoms with Gasteiger partial charge in [0.25, 0.3) is 0 Å². The van der Waals surface area contributed by atoms with Gasteiger partial charge >= 0.3 is 0 Å². The Balaban J connectivity index is 1.75. The second-order valence-electron chi connectivity index (χ2n) is 5.20. The maximum absolute atomic E-state index is 12.2. The van der Waals surface area contributed by atoms with Crippen LogP contribution in [0.4, 0.5) is 5.69 Å². The van der Waals surface area contributed by atoms with Gasteiger partial charge in [0.15, 0.2) is 0 Å². The van der Waals surface area contributed by atoms with Crippen molar-refractivity contribution in [3.05, 3.63) is 29.8 Å². The summed E-state index contributed by atoms with van der Waals surface area (Å²) in [5, 5.41) is 3.19. The third-order valence-corrected chi connectivity index (χ3v) is 3.87. The van der Waals surface area contributed by atoms with Gasteiger partial charge in [-0.05, 0) is 30.9 Å². The minimum absolute atomic E-state index is 0.156. The van der Waals surface area contributed by atoms with Crippen molar-refractivity contribution in [2.24, 2.45) is 0 Å². The van der Waals surface area contributed by atoms with Crippen molar-refractivity contribution in [1.29, 1.82) is 0 Å². The highest BCUT2D eigenvalue weighted by atomic mass is 16.5. The van der Waals surface area contributed by atoms with Crippen molar-refractivity contribution in [2.75, 3.05) is 24.6 Å². The predicted molar refractivity (Wildman–Crippen MR) is 74.1 cm³/mol. The van der Waals surface area contributed by atoms with Gasteiger partial charge in [0.05, 0.1) is 12.6 Å². The van der Waals surface area contributed by atoms with Crippen LogP contribution < -0.4 is 10.2 Å². The minimum atomic E-state index is 0.156. The van der Waals surface area contributed by atoms with Gasteiger partial charge in [0.1, 0.15) is 0 Å². The molecule has 4 heteroatoms. The number of amides is 1. The van der Waals surface area contributed by atoms with Gasteiger partial charge in [-0.2, -0.15) is 0 Å². The summed E-state index contributed by atoms with van der Waals surface area (Å²) in [6.45, 7) is 2.80. The number of carbonyl (C=O) groups excluding carboxylic acids is 1. The average molecular weight is 260 g/mol. The SMILES string of the molecule is O=C1CNCc2ccccc2N1CCC1CCCO1. The first-order valence-corrected chi connectivity index (χ1v) is 7.05. The van der Waals surface area contributed by atoms with E-state index in [9.17, 15) is 4.79 Å². The van der Waals surface area contributed by atoms with E-state index in [-0.39, 0.29) is 5.91 Å². The number of carbonyl (C=O) groups is 1. The van der Waals surface area contributed by atoms with Crippen molar-refractivity contribution in [2.45, 2.75) is 31.9 Å². The molecule has 1 atom stereocenters. The molecule has 19 heavy (non-hydrogen) atoms. The fraction of sp³-hybridized carbons (Fsp3) is 0.533. The number of nitrogens with zero attached hydrogens (tertiary/aromatic N) is 1. The number of benzene rings is 1. The fourth-order valence-corrected chi connectivity index (χ4v) is 2.85. The Hall–Kier alpha value is -1.39. The van der Waals surface area contributed by atoms with Crippen LogP contribution in [-0.2, 0) is 16.1 Å². The molecular weight excluding hydrogens is 240 g/mol. The maximum atomic E-state index is 12.2. The van der Waals surface area contributed by atoms with E-state index < -0.39 is 0 Å². The molecule has 102 valence electrons. The molecule has 1 amide bonds. The van der Waals surface area contributed by atoms with Crippen LogP contribution in [0.1, 0.15) is 24.8 Å². The average Bonchev–Trinajstić information content (AvgIpc) is 2.88. The van der Waals surface area contributed by atoms with Crippen molar-refractivity contribution in [3.8, 4) is 0 Å². The van der Waals surface area contributed by atoms with E-state index in [1.165, 1.54) is 5.56 Å². The van der Waals surface area contributed by atoms with Gasteiger partial charge in [-0.1, -0.05) is 18.2 Å². The highest BCUT2D eigenvalue weighted by Gasteiger charge is 2.23. The Labute approximate surface area is 113 Å². The summed E-state index contributed by atoms with van der Waals surface area (Å²) in [7, 11) is 0. The summed E-state index contributed by atoms with van der Waals surface area (Å²) in [5.41, 5.74) is 2.25. The molecule has 0 radical (unpaired) electrons. The second kappa shape index (κ2) is 5.72. The second-order valence-corrected chi connectivity index (χ2v) is 5.20. The molecular formula is C15H20N2O2. The van der Waals surface area contributed by atoms with Gasteiger partial charge < -0.3 is 15.0 Å². The molecule has 1 saturated heterocycles. The van der Waals surface area contributed by atoms with E-state index in [0.29, 0.717) is 12.6 Å². The van der Waals surface area contributed by atoms with Crippen LogP contribution in [0.25, 0.3) is 0 Å². The number of para-hydroxylation sites is 1. The lowest BCUT2D eigenvalue weighted by Crippen LogP contribution is -2.37. The Bertz CT molecular complexity index is 455. The predicted octanol–water partition coefficient (Wildman–Crippen LogP) is 1.69. The topological polar surface area (TPSA) is 41.6 Å². The Morgan fingerprint density at radius 3 is 3.05 bits per heavy atom. The number of nitrogens with one attached hydrogen (secondary N) is 1. The molecule has 0 saturated carbocycles. The number of ether oxygens (including phenoxy) is 1. The van der Waals surface area contributed by atoms with Crippen molar-refractivity contribution in [1.82, 2.24) is 5.32 Å². The summed E-state index contributed by atoms with van der Waals surface area (Å²) >= 11 is 0. The summed E-state index contributed by atoms with van der Waals surface area (Å²) in [5.74, 6) is 0.156. The first-order chi connectivity index (χ1) is 9.34. The highest BCUT2D eigenvalue weighted by Crippen LogP contribution is 2.24. The van der Waals surface area contributed by atoms with Crippen LogP contribution in [0, 0.1) is 0 Å². The van der Waals surface area contributed by atoms with Crippen molar-refractivity contribution in [3.63, 3.8) is 0 Å². The van der Waals surface area contributed by atoms with Gasteiger partial charge in [-0.25, -0.2) is 0 Å². The summed E-state index contributed by atoms with van der Waals surface area (Å²) in [6, 6.07) is 8.14. The largest absolute Gasteiger partial charge is 0.378 e. The zero-order chi connectivity index (χ0) is 13.1. The van der Waals surface area contributed by atoms with Crippen molar-refractivity contribution < 1.29 is 9.53 Å². The van der Waals surface area contributed by atoms with Gasteiger partial charge in [-0.15, -0.1) is 0 Å². The molecule has 1 fully saturated rings. The first kappa shape index (κ1) is 12.6. The van der Waals surface area contributed by atoms with Gasteiger partial charge in [0, 0.05) is 25.4 Å². The number of hydrogen-bond acceptors (Lipinski definition) is 3. The molecule has 0 spiro atoms.